The molecule has 0 saturated carbocycles. The monoisotopic (exact) mass is 312 g/mol. The standard InChI is InChI=1S/C13H13ClN2O3S/c1-3-18-13(17)11-12(16-7(2)20-11)19-10-6-8(14)4-5-9(10)15/h4-6H,3,15H2,1-2H3. The topological polar surface area (TPSA) is 74.4 Å². The lowest BCUT2D eigenvalue weighted by atomic mass is 10.3. The van der Waals surface area contributed by atoms with Crippen molar-refractivity contribution in [3.63, 3.8) is 0 Å². The summed E-state index contributed by atoms with van der Waals surface area (Å²) in [6, 6.07) is 4.85. The van der Waals surface area contributed by atoms with Crippen molar-refractivity contribution in [3.8, 4) is 11.6 Å². The summed E-state index contributed by atoms with van der Waals surface area (Å²) < 4.78 is 10.6. The van der Waals surface area contributed by atoms with Crippen LogP contribution in [0.4, 0.5) is 5.69 Å². The molecule has 0 atom stereocenters. The van der Waals surface area contributed by atoms with E-state index in [9.17, 15) is 4.79 Å². The van der Waals surface area contributed by atoms with E-state index in [1.165, 1.54) is 11.3 Å². The first kappa shape index (κ1) is 14.6. The lowest BCUT2D eigenvalue weighted by molar-refractivity contribution is 0.0529. The number of nitrogens with zero attached hydrogens (tertiary/aromatic N) is 1. The van der Waals surface area contributed by atoms with E-state index < -0.39 is 5.97 Å². The molecule has 5 nitrogen and oxygen atoms in total. The number of carbonyl (C=O) groups excluding carboxylic acids is 1. The van der Waals surface area contributed by atoms with Gasteiger partial charge in [0.15, 0.2) is 10.6 Å². The van der Waals surface area contributed by atoms with Crippen molar-refractivity contribution in [3.05, 3.63) is 33.1 Å². The molecule has 2 rings (SSSR count). The highest BCUT2D eigenvalue weighted by atomic mass is 35.5. The fourth-order valence-electron chi connectivity index (χ4n) is 1.50. The molecule has 0 bridgehead atoms. The van der Waals surface area contributed by atoms with Gasteiger partial charge in [0.25, 0.3) is 0 Å². The summed E-state index contributed by atoms with van der Waals surface area (Å²) in [6.07, 6.45) is 0. The second kappa shape index (κ2) is 6.11. The van der Waals surface area contributed by atoms with Crippen molar-refractivity contribution in [1.29, 1.82) is 0 Å². The van der Waals surface area contributed by atoms with Gasteiger partial charge in [-0.05, 0) is 26.0 Å². The third-order valence-electron chi connectivity index (χ3n) is 2.35. The number of hydrogen-bond donors (Lipinski definition) is 1. The van der Waals surface area contributed by atoms with Crippen LogP contribution in [0.25, 0.3) is 0 Å². The molecule has 0 spiro atoms. The average molecular weight is 313 g/mol. The Hall–Kier alpha value is -1.79. The van der Waals surface area contributed by atoms with Crippen molar-refractivity contribution in [2.24, 2.45) is 0 Å². The first-order valence-corrected chi connectivity index (χ1v) is 7.08. The van der Waals surface area contributed by atoms with Crippen LogP contribution < -0.4 is 10.5 Å². The van der Waals surface area contributed by atoms with Crippen molar-refractivity contribution >= 4 is 34.6 Å². The molecular formula is C13H13ClN2O3S. The zero-order valence-electron chi connectivity index (χ0n) is 11.0. The highest BCUT2D eigenvalue weighted by Crippen LogP contribution is 2.34. The minimum Gasteiger partial charge on any atom is -0.462 e. The summed E-state index contributed by atoms with van der Waals surface area (Å²) >= 11 is 7.10. The molecule has 2 N–H and O–H groups in total. The minimum absolute atomic E-state index is 0.180. The van der Waals surface area contributed by atoms with Gasteiger partial charge in [-0.25, -0.2) is 9.78 Å². The molecule has 0 fully saturated rings. The summed E-state index contributed by atoms with van der Waals surface area (Å²) in [7, 11) is 0. The van der Waals surface area contributed by atoms with Crippen LogP contribution in [0.2, 0.25) is 5.02 Å². The zero-order chi connectivity index (χ0) is 14.7. The molecule has 0 aliphatic carbocycles. The number of hydrogen-bond acceptors (Lipinski definition) is 6. The number of thiazole rings is 1. The Morgan fingerprint density at radius 2 is 2.25 bits per heavy atom. The predicted molar refractivity (Wildman–Crippen MR) is 78.7 cm³/mol. The Morgan fingerprint density at radius 3 is 2.95 bits per heavy atom. The second-order valence-electron chi connectivity index (χ2n) is 3.87. The molecule has 1 aromatic carbocycles. The lowest BCUT2D eigenvalue weighted by Crippen LogP contribution is -2.04. The van der Waals surface area contributed by atoms with Crippen LogP contribution in [-0.2, 0) is 4.74 Å². The first-order valence-electron chi connectivity index (χ1n) is 5.88. The molecule has 1 aromatic heterocycles. The number of ether oxygens (including phenoxy) is 2. The minimum atomic E-state index is -0.464. The van der Waals surface area contributed by atoms with Crippen LogP contribution in [0.15, 0.2) is 18.2 Å². The summed E-state index contributed by atoms with van der Waals surface area (Å²) in [5.41, 5.74) is 6.22. The first-order chi connectivity index (χ1) is 9.51. The number of aryl methyl sites for hydroxylation is 1. The number of carbonyl (C=O) groups is 1. The average Bonchev–Trinajstić information content (AvgIpc) is 2.75. The Morgan fingerprint density at radius 1 is 1.50 bits per heavy atom. The van der Waals surface area contributed by atoms with Gasteiger partial charge < -0.3 is 15.2 Å². The summed E-state index contributed by atoms with van der Waals surface area (Å²) in [5.74, 6) is 0.0713. The predicted octanol–water partition coefficient (Wildman–Crippen LogP) is 3.66. The highest BCUT2D eigenvalue weighted by Gasteiger charge is 2.20. The van der Waals surface area contributed by atoms with Crippen LogP contribution >= 0.6 is 22.9 Å². The third kappa shape index (κ3) is 3.20. The molecule has 2 aromatic rings. The van der Waals surface area contributed by atoms with E-state index in [-0.39, 0.29) is 12.5 Å². The smallest absolute Gasteiger partial charge is 0.354 e. The van der Waals surface area contributed by atoms with Gasteiger partial charge in [-0.15, -0.1) is 11.3 Å². The molecule has 0 unspecified atom stereocenters. The zero-order valence-corrected chi connectivity index (χ0v) is 12.5. The molecule has 20 heavy (non-hydrogen) atoms. The van der Waals surface area contributed by atoms with Crippen LogP contribution in [0.3, 0.4) is 0 Å². The maximum atomic E-state index is 11.8. The van der Waals surface area contributed by atoms with Crippen LogP contribution in [0.5, 0.6) is 11.6 Å². The Bertz CT molecular complexity index is 643. The molecule has 7 heteroatoms. The summed E-state index contributed by atoms with van der Waals surface area (Å²) in [5, 5.41) is 1.18. The van der Waals surface area contributed by atoms with Crippen molar-refractivity contribution in [2.75, 3.05) is 12.3 Å². The molecule has 106 valence electrons. The van der Waals surface area contributed by atoms with Gasteiger partial charge in [0.05, 0.1) is 17.3 Å². The SMILES string of the molecule is CCOC(=O)c1sc(C)nc1Oc1cc(Cl)ccc1N. The van der Waals surface area contributed by atoms with Gasteiger partial charge in [0, 0.05) is 11.1 Å². The number of nitrogens with two attached hydrogens (primary N) is 1. The largest absolute Gasteiger partial charge is 0.462 e. The molecule has 1 heterocycles. The van der Waals surface area contributed by atoms with Gasteiger partial charge in [0.1, 0.15) is 0 Å². The van der Waals surface area contributed by atoms with E-state index in [4.69, 9.17) is 26.8 Å². The summed E-state index contributed by atoms with van der Waals surface area (Å²) in [6.45, 7) is 3.80. The molecule has 0 amide bonds. The molecule has 0 radical (unpaired) electrons. The molecular weight excluding hydrogens is 300 g/mol. The summed E-state index contributed by atoms with van der Waals surface area (Å²) in [4.78, 5) is 16.3. The lowest BCUT2D eigenvalue weighted by Gasteiger charge is -2.07. The second-order valence-corrected chi connectivity index (χ2v) is 5.51. The third-order valence-corrected chi connectivity index (χ3v) is 3.51. The normalized spacial score (nSPS) is 10.3. The van der Waals surface area contributed by atoms with E-state index >= 15 is 0 Å². The van der Waals surface area contributed by atoms with E-state index in [1.54, 1.807) is 32.0 Å². The van der Waals surface area contributed by atoms with Crippen LogP contribution in [-0.4, -0.2) is 17.6 Å². The van der Waals surface area contributed by atoms with Crippen molar-refractivity contribution in [2.45, 2.75) is 13.8 Å². The van der Waals surface area contributed by atoms with E-state index in [1.807, 2.05) is 0 Å². The Labute approximate surface area is 125 Å². The fourth-order valence-corrected chi connectivity index (χ4v) is 2.41. The Kier molecular flexibility index (Phi) is 4.46. The quantitative estimate of drug-likeness (QED) is 0.689. The van der Waals surface area contributed by atoms with Gasteiger partial charge in [-0.1, -0.05) is 11.6 Å². The maximum Gasteiger partial charge on any atom is 0.354 e. The number of esters is 1. The molecule has 0 saturated heterocycles. The van der Waals surface area contributed by atoms with E-state index in [0.29, 0.717) is 26.3 Å². The molecule has 0 aliphatic rings. The fraction of sp³-hybridized carbons (Fsp3) is 0.231. The maximum absolute atomic E-state index is 11.8. The van der Waals surface area contributed by atoms with Crippen molar-refractivity contribution in [1.82, 2.24) is 4.98 Å². The van der Waals surface area contributed by atoms with Crippen LogP contribution in [0.1, 0.15) is 21.6 Å². The Balaban J connectivity index is 2.33. The van der Waals surface area contributed by atoms with Gasteiger partial charge in [-0.3, -0.25) is 0 Å². The van der Waals surface area contributed by atoms with Crippen LogP contribution in [0, 0.1) is 6.92 Å². The number of benzene rings is 1. The van der Waals surface area contributed by atoms with Gasteiger partial charge >= 0.3 is 5.97 Å². The van der Waals surface area contributed by atoms with Crippen molar-refractivity contribution < 1.29 is 14.3 Å². The highest BCUT2D eigenvalue weighted by molar-refractivity contribution is 7.13. The van der Waals surface area contributed by atoms with E-state index in [0.717, 1.165) is 0 Å². The number of aromatic nitrogens is 1. The van der Waals surface area contributed by atoms with E-state index in [2.05, 4.69) is 4.98 Å². The number of anilines is 1. The number of halogens is 1. The van der Waals surface area contributed by atoms with Gasteiger partial charge in [0.2, 0.25) is 5.88 Å². The number of rotatable bonds is 4. The molecule has 0 aliphatic heterocycles. The number of nitrogen functional groups attached to an aromatic ring is 1. The van der Waals surface area contributed by atoms with Gasteiger partial charge in [-0.2, -0.15) is 0 Å².